The number of nitrogens with zero attached hydrogens (tertiary/aromatic N) is 1. The number of hydrogen-bond acceptors (Lipinski definition) is 6. The molecule has 0 aliphatic carbocycles. The number of hydrogen-bond donors (Lipinski definition) is 2. The second kappa shape index (κ2) is 11.5. The third kappa shape index (κ3) is 5.97. The minimum atomic E-state index is 0.102. The van der Waals surface area contributed by atoms with Crippen LogP contribution in [-0.2, 0) is 17.8 Å². The van der Waals surface area contributed by atoms with Crippen molar-refractivity contribution >= 4 is 5.96 Å². The van der Waals surface area contributed by atoms with Crippen LogP contribution in [0.15, 0.2) is 35.3 Å². The van der Waals surface area contributed by atoms with Crippen LogP contribution in [0.2, 0.25) is 0 Å². The lowest BCUT2D eigenvalue weighted by atomic mass is 10.1. The van der Waals surface area contributed by atoms with E-state index in [4.69, 9.17) is 23.7 Å². The van der Waals surface area contributed by atoms with Crippen LogP contribution in [0.3, 0.4) is 0 Å². The van der Waals surface area contributed by atoms with Crippen LogP contribution in [-0.4, -0.2) is 53.7 Å². The first kappa shape index (κ1) is 23.5. The zero-order chi connectivity index (χ0) is 22.9. The fourth-order valence-electron chi connectivity index (χ4n) is 3.51. The van der Waals surface area contributed by atoms with Gasteiger partial charge in [-0.15, -0.1) is 0 Å². The first-order valence-electron chi connectivity index (χ1n) is 10.6. The Morgan fingerprint density at radius 1 is 0.938 bits per heavy atom. The van der Waals surface area contributed by atoms with Crippen molar-refractivity contribution in [1.29, 1.82) is 0 Å². The Bertz CT molecular complexity index is 926. The maximum Gasteiger partial charge on any atom is 0.191 e. The molecule has 0 spiro atoms. The number of guanidine groups is 1. The van der Waals surface area contributed by atoms with Gasteiger partial charge in [-0.1, -0.05) is 12.1 Å². The molecule has 1 aliphatic heterocycles. The van der Waals surface area contributed by atoms with Gasteiger partial charge in [-0.3, -0.25) is 4.99 Å². The minimum Gasteiger partial charge on any atom is -0.496 e. The van der Waals surface area contributed by atoms with E-state index in [1.807, 2.05) is 12.1 Å². The maximum atomic E-state index is 6.19. The van der Waals surface area contributed by atoms with Gasteiger partial charge >= 0.3 is 0 Å². The molecule has 0 amide bonds. The minimum absolute atomic E-state index is 0.102. The fourth-order valence-corrected chi connectivity index (χ4v) is 3.51. The van der Waals surface area contributed by atoms with Gasteiger partial charge in [0.1, 0.15) is 17.6 Å². The lowest BCUT2D eigenvalue weighted by Crippen LogP contribution is -2.36. The van der Waals surface area contributed by atoms with Crippen molar-refractivity contribution in [2.45, 2.75) is 32.5 Å². The Labute approximate surface area is 189 Å². The molecule has 8 nitrogen and oxygen atoms in total. The normalized spacial score (nSPS) is 15.9. The summed E-state index contributed by atoms with van der Waals surface area (Å²) in [6.07, 6.45) is 1.02. The van der Waals surface area contributed by atoms with Crippen LogP contribution >= 0.6 is 0 Å². The van der Waals surface area contributed by atoms with Crippen molar-refractivity contribution < 1.29 is 23.7 Å². The summed E-state index contributed by atoms with van der Waals surface area (Å²) in [5.41, 5.74) is 3.15. The van der Waals surface area contributed by atoms with Gasteiger partial charge in [-0.2, -0.15) is 0 Å². The average Bonchev–Trinajstić information content (AvgIpc) is 3.32. The van der Waals surface area contributed by atoms with Crippen LogP contribution < -0.4 is 29.6 Å². The van der Waals surface area contributed by atoms with E-state index in [2.05, 4.69) is 40.7 Å². The van der Waals surface area contributed by atoms with Gasteiger partial charge in [0.2, 0.25) is 0 Å². The molecule has 2 aromatic carbocycles. The molecule has 1 fully saturated rings. The molecule has 0 aromatic heterocycles. The summed E-state index contributed by atoms with van der Waals surface area (Å²) in [5, 5.41) is 6.69. The largest absolute Gasteiger partial charge is 0.496 e. The van der Waals surface area contributed by atoms with E-state index in [1.165, 1.54) is 0 Å². The zero-order valence-electron chi connectivity index (χ0n) is 19.5. The monoisotopic (exact) mass is 443 g/mol. The van der Waals surface area contributed by atoms with Crippen molar-refractivity contribution in [1.82, 2.24) is 10.6 Å². The summed E-state index contributed by atoms with van der Waals surface area (Å²) in [6, 6.07) is 9.94. The van der Waals surface area contributed by atoms with Crippen LogP contribution in [0, 0.1) is 6.92 Å². The Kier molecular flexibility index (Phi) is 8.44. The van der Waals surface area contributed by atoms with E-state index in [0.717, 1.165) is 35.5 Å². The number of aryl methyl sites for hydroxylation is 1. The van der Waals surface area contributed by atoms with E-state index >= 15 is 0 Å². The van der Waals surface area contributed by atoms with Crippen molar-refractivity contribution in [3.63, 3.8) is 0 Å². The summed E-state index contributed by atoms with van der Waals surface area (Å²) in [4.78, 5) is 4.34. The molecule has 2 aromatic rings. The van der Waals surface area contributed by atoms with Gasteiger partial charge in [-0.05, 0) is 24.6 Å². The Morgan fingerprint density at radius 3 is 2.25 bits per heavy atom. The molecular formula is C24H33N3O5. The maximum absolute atomic E-state index is 6.19. The first-order valence-corrected chi connectivity index (χ1v) is 10.6. The number of rotatable bonds is 9. The van der Waals surface area contributed by atoms with Gasteiger partial charge in [0.15, 0.2) is 17.5 Å². The van der Waals surface area contributed by atoms with Crippen molar-refractivity contribution in [2.75, 3.05) is 41.6 Å². The van der Waals surface area contributed by atoms with Crippen LogP contribution in [0.1, 0.15) is 23.1 Å². The van der Waals surface area contributed by atoms with E-state index in [0.29, 0.717) is 42.9 Å². The van der Waals surface area contributed by atoms with Crippen molar-refractivity contribution in [3.8, 4) is 23.0 Å². The Balaban J connectivity index is 1.65. The highest BCUT2D eigenvalue weighted by atomic mass is 16.5. The molecule has 1 unspecified atom stereocenters. The highest BCUT2D eigenvalue weighted by Gasteiger charge is 2.19. The molecule has 174 valence electrons. The predicted molar refractivity (Wildman–Crippen MR) is 124 cm³/mol. The summed E-state index contributed by atoms with van der Waals surface area (Å²) in [6.45, 7) is 4.52. The predicted octanol–water partition coefficient (Wildman–Crippen LogP) is 3.05. The van der Waals surface area contributed by atoms with Crippen molar-refractivity contribution in [2.24, 2.45) is 4.99 Å². The molecular weight excluding hydrogens is 410 g/mol. The van der Waals surface area contributed by atoms with Gasteiger partial charge in [0, 0.05) is 43.8 Å². The Hall–Kier alpha value is -3.13. The van der Waals surface area contributed by atoms with Crippen LogP contribution in [0.25, 0.3) is 0 Å². The van der Waals surface area contributed by atoms with Crippen LogP contribution in [0.5, 0.6) is 23.0 Å². The summed E-state index contributed by atoms with van der Waals surface area (Å²) in [5.74, 6) is 3.52. The van der Waals surface area contributed by atoms with Gasteiger partial charge in [0.25, 0.3) is 0 Å². The fraction of sp³-hybridized carbons (Fsp3) is 0.458. The summed E-state index contributed by atoms with van der Waals surface area (Å²) >= 11 is 0. The second-order valence-corrected chi connectivity index (χ2v) is 7.51. The molecule has 8 heteroatoms. The number of aliphatic imine (C=N–C) groups is 1. The van der Waals surface area contributed by atoms with Gasteiger partial charge in [-0.25, -0.2) is 0 Å². The quantitative estimate of drug-likeness (QED) is 0.455. The highest BCUT2D eigenvalue weighted by Crippen LogP contribution is 2.34. The van der Waals surface area contributed by atoms with Crippen molar-refractivity contribution in [3.05, 3.63) is 47.0 Å². The number of nitrogens with one attached hydrogen (secondary N) is 2. The Morgan fingerprint density at radius 2 is 1.62 bits per heavy atom. The molecule has 1 aliphatic rings. The SMILES string of the molecule is CN=C(NCc1cc(OC)c(OC)cc1OC)NCc1ccc(C)cc1OC1CCOC1. The van der Waals surface area contributed by atoms with E-state index in [-0.39, 0.29) is 6.10 Å². The number of benzene rings is 2. The third-order valence-corrected chi connectivity index (χ3v) is 5.31. The summed E-state index contributed by atoms with van der Waals surface area (Å²) < 4.78 is 27.9. The molecule has 0 saturated carbocycles. The first-order chi connectivity index (χ1) is 15.6. The third-order valence-electron chi connectivity index (χ3n) is 5.31. The molecule has 32 heavy (non-hydrogen) atoms. The second-order valence-electron chi connectivity index (χ2n) is 7.51. The smallest absolute Gasteiger partial charge is 0.191 e. The van der Waals surface area contributed by atoms with E-state index < -0.39 is 0 Å². The standard InChI is InChI=1S/C24H33N3O5/c1-16-6-7-17(21(10-16)32-19-8-9-31-15-19)13-26-24(25-2)27-14-18-11-22(29-4)23(30-5)12-20(18)28-3/h6-7,10-12,19H,8-9,13-15H2,1-5H3,(H2,25,26,27). The molecule has 0 bridgehead atoms. The molecule has 0 radical (unpaired) electrons. The van der Waals surface area contributed by atoms with Crippen LogP contribution in [0.4, 0.5) is 0 Å². The van der Waals surface area contributed by atoms with E-state index in [1.54, 1.807) is 28.4 Å². The molecule has 3 rings (SSSR count). The average molecular weight is 444 g/mol. The summed E-state index contributed by atoms with van der Waals surface area (Å²) in [7, 11) is 6.58. The molecule has 1 saturated heterocycles. The molecule has 1 heterocycles. The zero-order valence-corrected chi connectivity index (χ0v) is 19.5. The topological polar surface area (TPSA) is 82.6 Å². The van der Waals surface area contributed by atoms with Gasteiger partial charge < -0.3 is 34.3 Å². The number of methoxy groups -OCH3 is 3. The number of ether oxygens (including phenoxy) is 5. The van der Waals surface area contributed by atoms with Gasteiger partial charge in [0.05, 0.1) is 34.5 Å². The highest BCUT2D eigenvalue weighted by molar-refractivity contribution is 5.79. The molecule has 2 N–H and O–H groups in total. The molecule has 1 atom stereocenters. The van der Waals surface area contributed by atoms with E-state index in [9.17, 15) is 0 Å². The lowest BCUT2D eigenvalue weighted by Gasteiger charge is -2.18. The lowest BCUT2D eigenvalue weighted by molar-refractivity contribution is 0.140.